The molecule has 0 aliphatic rings. The predicted octanol–water partition coefficient (Wildman–Crippen LogP) is 15.2. The van der Waals surface area contributed by atoms with Gasteiger partial charge in [-0.1, -0.05) is 171 Å². The number of hydrogen-bond acceptors (Lipinski definition) is 3. The minimum Gasteiger partial charge on any atom is -0.297 e. The maximum Gasteiger partial charge on any atom is 0.160 e. The van der Waals surface area contributed by atoms with E-state index in [1.54, 1.807) is 11.3 Å². The first kappa shape index (κ1) is 42.7. The topological polar surface area (TPSA) is 17.1 Å². The molecule has 0 bridgehead atoms. The van der Waals surface area contributed by atoms with Gasteiger partial charge in [-0.3, -0.25) is 4.79 Å². The van der Waals surface area contributed by atoms with Crippen molar-refractivity contribution in [3.05, 3.63) is 102 Å². The van der Waals surface area contributed by atoms with Crippen molar-refractivity contribution in [1.82, 2.24) is 0 Å². The van der Waals surface area contributed by atoms with Crippen molar-refractivity contribution in [3.8, 4) is 20.9 Å². The highest BCUT2D eigenvalue weighted by Crippen LogP contribution is 2.49. The Morgan fingerprint density at radius 2 is 0.852 bits per heavy atom. The third-order valence-corrected chi connectivity index (χ3v) is 15.2. The summed E-state index contributed by atoms with van der Waals surface area (Å²) in [7, 11) is 2.46. The molecule has 54 heavy (non-hydrogen) atoms. The Kier molecular flexibility index (Phi) is 11.5. The van der Waals surface area contributed by atoms with Crippen molar-refractivity contribution >= 4 is 56.0 Å². The van der Waals surface area contributed by atoms with Gasteiger partial charge in [0.2, 0.25) is 0 Å². The fourth-order valence-electron chi connectivity index (χ4n) is 6.97. The first-order valence-corrected chi connectivity index (χ1v) is 22.9. The van der Waals surface area contributed by atoms with E-state index in [1.165, 1.54) is 91.2 Å². The summed E-state index contributed by atoms with van der Waals surface area (Å²) in [5, 5.41) is 5.07. The normalized spacial score (nSPS) is 14.4. The molecule has 288 valence electrons. The quantitative estimate of drug-likeness (QED) is 0.128. The van der Waals surface area contributed by atoms with Crippen molar-refractivity contribution in [2.75, 3.05) is 0 Å². The lowest BCUT2D eigenvalue weighted by Crippen LogP contribution is -2.30. The van der Waals surface area contributed by atoms with Gasteiger partial charge in [-0.25, -0.2) is 0 Å². The van der Waals surface area contributed by atoms with Gasteiger partial charge in [0, 0.05) is 41.4 Å². The van der Waals surface area contributed by atoms with Crippen LogP contribution in [-0.2, 0) is 32.5 Å². The molecule has 0 amide bonds. The standard InChI is InChI=1S/C49H64OP2S2/c1-44(2,3)29-24-32(46(7,8)9)40(33(25-29)47(10,11)12)51-42-38(36-20-19-23-53-36)39(37-22-21-31(28-50)54-37)43(42)52-41-34(48(13,14)15)26-30(45(4,5)6)27-35(41)49(16,17)18/h19-28H,1-18H3. The molecule has 1 nitrogen and oxygen atoms in total. The Bertz CT molecular complexity index is 2210. The molecule has 0 saturated carbocycles. The van der Waals surface area contributed by atoms with Gasteiger partial charge in [0.15, 0.2) is 6.29 Å². The summed E-state index contributed by atoms with van der Waals surface area (Å²) in [6, 6.07) is 18.7. The van der Waals surface area contributed by atoms with E-state index in [4.69, 9.17) is 0 Å². The first-order chi connectivity index (χ1) is 24.5. The van der Waals surface area contributed by atoms with E-state index in [0.717, 1.165) is 11.2 Å². The number of carbonyl (C=O) groups is 1. The molecular weight excluding hydrogens is 731 g/mol. The van der Waals surface area contributed by atoms with Crippen LogP contribution in [0.4, 0.5) is 0 Å². The molecule has 0 saturated heterocycles. The smallest absolute Gasteiger partial charge is 0.160 e. The van der Waals surface area contributed by atoms with E-state index < -0.39 is 0 Å². The summed E-state index contributed by atoms with van der Waals surface area (Å²) in [4.78, 5) is 18.1. The zero-order valence-corrected chi connectivity index (χ0v) is 39.8. The molecule has 0 aliphatic carbocycles. The average Bonchev–Trinajstić information content (AvgIpc) is 3.70. The maximum absolute atomic E-state index is 12.1. The molecule has 0 atom stereocenters. The van der Waals surface area contributed by atoms with Gasteiger partial charge < -0.3 is 0 Å². The van der Waals surface area contributed by atoms with Crippen LogP contribution in [0.2, 0.25) is 0 Å². The van der Waals surface area contributed by atoms with E-state index in [2.05, 4.69) is 172 Å². The number of benzene rings is 2. The molecule has 2 heterocycles. The largest absolute Gasteiger partial charge is 0.297 e. The fraction of sp³-hybridized carbons (Fsp3) is 0.490. The summed E-state index contributed by atoms with van der Waals surface area (Å²) in [5.74, 6) is 0. The van der Waals surface area contributed by atoms with E-state index >= 15 is 0 Å². The summed E-state index contributed by atoms with van der Waals surface area (Å²) < 4.78 is 0. The van der Waals surface area contributed by atoms with Crippen molar-refractivity contribution < 1.29 is 4.79 Å². The Labute approximate surface area is 339 Å². The summed E-state index contributed by atoms with van der Waals surface area (Å²) >= 11 is 3.44. The number of carbonyl (C=O) groups excluding carboxylic acids is 1. The number of hydrogen-bond donors (Lipinski definition) is 0. The third-order valence-electron chi connectivity index (χ3n) is 10.3. The summed E-state index contributed by atoms with van der Waals surface area (Å²) in [5.41, 5.74) is 11.0. The molecule has 2 aromatic heterocycles. The van der Waals surface area contributed by atoms with Gasteiger partial charge in [-0.2, -0.15) is 0 Å². The molecule has 5 rings (SSSR count). The number of rotatable bonds is 5. The van der Waals surface area contributed by atoms with Crippen LogP contribution >= 0.6 is 39.1 Å². The van der Waals surface area contributed by atoms with Crippen molar-refractivity contribution in [2.45, 2.75) is 157 Å². The van der Waals surface area contributed by atoms with Crippen LogP contribution < -0.4 is 10.6 Å². The second kappa shape index (κ2) is 14.5. The molecule has 0 aliphatic heterocycles. The lowest BCUT2D eigenvalue weighted by molar-refractivity contribution is 0.112. The summed E-state index contributed by atoms with van der Waals surface area (Å²) in [6.45, 7) is 42.6. The second-order valence-corrected chi connectivity index (χ2v) is 25.6. The van der Waals surface area contributed by atoms with E-state index in [1.807, 2.05) is 17.4 Å². The first-order valence-electron chi connectivity index (χ1n) is 19.4. The zero-order chi connectivity index (χ0) is 40.6. The van der Waals surface area contributed by atoms with Gasteiger partial charge in [0.25, 0.3) is 0 Å². The Hall–Kier alpha value is -2.41. The number of aldehydes is 1. The highest BCUT2D eigenvalue weighted by molar-refractivity contribution is 7.42. The van der Waals surface area contributed by atoms with Crippen LogP contribution in [-0.4, -0.2) is 6.29 Å². The molecule has 0 fully saturated rings. The summed E-state index contributed by atoms with van der Waals surface area (Å²) in [6.07, 6.45) is 1.00. The van der Waals surface area contributed by atoms with Gasteiger partial charge in [0.05, 0.1) is 4.88 Å². The molecule has 5 heteroatoms. The highest BCUT2D eigenvalue weighted by Gasteiger charge is 2.32. The van der Waals surface area contributed by atoms with E-state index in [-0.39, 0.29) is 32.5 Å². The Balaban J connectivity index is 2.10. The van der Waals surface area contributed by atoms with Gasteiger partial charge in [0.1, 0.15) is 0 Å². The van der Waals surface area contributed by atoms with Crippen molar-refractivity contribution in [3.63, 3.8) is 0 Å². The monoisotopic (exact) mass is 794 g/mol. The fourth-order valence-corrected chi connectivity index (χ4v) is 12.7. The predicted molar refractivity (Wildman–Crippen MR) is 246 cm³/mol. The molecular formula is C49H64OP2S2. The van der Waals surface area contributed by atoms with Crippen LogP contribution in [0.3, 0.4) is 0 Å². The molecule has 0 N–H and O–H groups in total. The number of thiophene rings is 2. The van der Waals surface area contributed by atoms with E-state index in [0.29, 0.717) is 0 Å². The molecule has 0 unspecified atom stereocenters. The van der Waals surface area contributed by atoms with Crippen LogP contribution in [0.25, 0.3) is 20.9 Å². The van der Waals surface area contributed by atoms with Crippen molar-refractivity contribution in [2.24, 2.45) is 0 Å². The van der Waals surface area contributed by atoms with E-state index in [9.17, 15) is 4.79 Å². The third kappa shape index (κ3) is 8.76. The lowest BCUT2D eigenvalue weighted by atomic mass is 9.75. The lowest BCUT2D eigenvalue weighted by Gasteiger charge is -2.33. The minimum absolute atomic E-state index is 0.0282. The molecule has 0 radical (unpaired) electrons. The van der Waals surface area contributed by atoms with Gasteiger partial charge in [-0.15, -0.1) is 22.7 Å². The van der Waals surface area contributed by atoms with Crippen LogP contribution in [0.5, 0.6) is 0 Å². The Morgan fingerprint density at radius 3 is 1.13 bits per heavy atom. The molecule has 0 spiro atoms. The zero-order valence-electron chi connectivity index (χ0n) is 36.4. The van der Waals surface area contributed by atoms with Crippen LogP contribution in [0, 0.1) is 9.88 Å². The highest BCUT2D eigenvalue weighted by atomic mass is 32.1. The minimum atomic E-state index is -0.0541. The van der Waals surface area contributed by atoms with Gasteiger partial charge >= 0.3 is 0 Å². The Morgan fingerprint density at radius 1 is 0.481 bits per heavy atom. The average molecular weight is 795 g/mol. The molecule has 3 aromatic carbocycles. The van der Waals surface area contributed by atoms with Gasteiger partial charge in [-0.05, 0) is 89.4 Å². The molecule has 5 aromatic rings. The van der Waals surface area contributed by atoms with Crippen molar-refractivity contribution in [1.29, 1.82) is 0 Å². The maximum atomic E-state index is 12.1. The SMILES string of the molecule is CC(C)(C)c1cc(C(C)(C)C)c(P=c2c(-c3cccs3)c(-c3ccc(C=O)s3)c2=Pc2c(C(C)(C)C)cc(C(C)(C)C)cc2C(C)(C)C)c(C(C)(C)C)c1. The van der Waals surface area contributed by atoms with Crippen LogP contribution in [0.15, 0.2) is 53.9 Å². The van der Waals surface area contributed by atoms with Crippen LogP contribution in [0.1, 0.15) is 168 Å². The second-order valence-electron chi connectivity index (χ2n) is 21.3.